The van der Waals surface area contributed by atoms with Crippen LogP contribution in [-0.4, -0.2) is 26.3 Å². The third-order valence-corrected chi connectivity index (χ3v) is 2.62. The number of piperidine rings is 2. The highest BCUT2D eigenvalue weighted by molar-refractivity contribution is 4.96. The minimum Gasteiger partial charge on any atom is -0.381 e. The monoisotopic (exact) mass is 127 g/mol. The van der Waals surface area contributed by atoms with E-state index in [-0.39, 0.29) is 0 Å². The first-order valence-electron chi connectivity index (χ1n) is 3.65. The van der Waals surface area contributed by atoms with E-state index in [0.29, 0.717) is 6.10 Å². The van der Waals surface area contributed by atoms with E-state index in [1.807, 2.05) is 7.11 Å². The maximum Gasteiger partial charge on any atom is 0.0652 e. The molecule has 0 unspecified atom stereocenters. The van der Waals surface area contributed by atoms with Gasteiger partial charge in [-0.15, -0.1) is 0 Å². The molecule has 3 rings (SSSR count). The van der Waals surface area contributed by atoms with Crippen molar-refractivity contribution in [2.24, 2.45) is 11.8 Å². The van der Waals surface area contributed by atoms with Gasteiger partial charge in [0.15, 0.2) is 0 Å². The van der Waals surface area contributed by atoms with E-state index >= 15 is 0 Å². The van der Waals surface area contributed by atoms with Gasteiger partial charge in [-0.1, -0.05) is 0 Å². The lowest BCUT2D eigenvalue weighted by atomic mass is 9.69. The molecule has 2 atom stereocenters. The molecule has 0 amide bonds. The lowest BCUT2D eigenvalue weighted by Gasteiger charge is -2.48. The van der Waals surface area contributed by atoms with Gasteiger partial charge in [-0.05, 0) is 18.3 Å². The summed E-state index contributed by atoms with van der Waals surface area (Å²) in [6, 6.07) is 0. The molecular formula is C7H13NO. The van der Waals surface area contributed by atoms with Crippen molar-refractivity contribution in [1.82, 2.24) is 5.32 Å². The molecule has 9 heavy (non-hydrogen) atoms. The highest BCUT2D eigenvalue weighted by Gasteiger charge is 2.43. The van der Waals surface area contributed by atoms with Crippen LogP contribution in [0, 0.1) is 11.8 Å². The Hall–Kier alpha value is -0.0800. The van der Waals surface area contributed by atoms with Crippen LogP contribution in [0.15, 0.2) is 0 Å². The molecule has 0 aromatic rings. The molecule has 52 valence electrons. The highest BCUT2D eigenvalue weighted by Crippen LogP contribution is 2.38. The average Bonchev–Trinajstić information content (AvgIpc) is 1.90. The Kier molecular flexibility index (Phi) is 1.24. The lowest BCUT2D eigenvalue weighted by molar-refractivity contribution is -0.0898. The van der Waals surface area contributed by atoms with Crippen LogP contribution in [0.2, 0.25) is 0 Å². The summed E-state index contributed by atoms with van der Waals surface area (Å²) in [5.74, 6) is 1.66. The Morgan fingerprint density at radius 3 is 2.33 bits per heavy atom. The molecular weight excluding hydrogens is 114 g/mol. The summed E-state index contributed by atoms with van der Waals surface area (Å²) >= 11 is 0. The van der Waals surface area contributed by atoms with Crippen LogP contribution >= 0.6 is 0 Å². The molecule has 0 spiro atoms. The quantitative estimate of drug-likeness (QED) is 0.545. The number of hydrogen-bond acceptors (Lipinski definition) is 2. The molecule has 2 heterocycles. The van der Waals surface area contributed by atoms with E-state index in [1.165, 1.54) is 19.5 Å². The smallest absolute Gasteiger partial charge is 0.0652 e. The Labute approximate surface area is 55.6 Å². The van der Waals surface area contributed by atoms with E-state index in [1.54, 1.807) is 0 Å². The maximum atomic E-state index is 5.31. The van der Waals surface area contributed by atoms with Crippen LogP contribution in [0.4, 0.5) is 0 Å². The van der Waals surface area contributed by atoms with Gasteiger partial charge in [0, 0.05) is 20.2 Å². The molecule has 2 saturated heterocycles. The Balaban J connectivity index is 1.97. The molecule has 1 aliphatic carbocycles. The lowest BCUT2D eigenvalue weighted by Crippen LogP contribution is -2.57. The van der Waals surface area contributed by atoms with Gasteiger partial charge in [0.05, 0.1) is 6.10 Å². The van der Waals surface area contributed by atoms with E-state index in [2.05, 4.69) is 5.32 Å². The van der Waals surface area contributed by atoms with Crippen molar-refractivity contribution in [2.75, 3.05) is 20.2 Å². The second-order valence-electron chi connectivity index (χ2n) is 3.11. The SMILES string of the molecule is COC1[C@H]2CNC[C@H]1C2. The molecule has 2 heteroatoms. The third-order valence-electron chi connectivity index (χ3n) is 2.62. The summed E-state index contributed by atoms with van der Waals surface area (Å²) in [5.41, 5.74) is 0. The third kappa shape index (κ3) is 0.700. The van der Waals surface area contributed by atoms with Gasteiger partial charge in [0.2, 0.25) is 0 Å². The van der Waals surface area contributed by atoms with Gasteiger partial charge < -0.3 is 10.1 Å². The van der Waals surface area contributed by atoms with Gasteiger partial charge >= 0.3 is 0 Å². The number of nitrogens with one attached hydrogen (secondary N) is 1. The Morgan fingerprint density at radius 1 is 1.33 bits per heavy atom. The summed E-state index contributed by atoms with van der Waals surface area (Å²) in [6.07, 6.45) is 1.98. The standard InChI is InChI=1S/C7H13NO/c1-9-7-5-2-6(7)4-8-3-5/h5-8H,2-4H2,1H3/t5-,6-/m1/s1. The van der Waals surface area contributed by atoms with Crippen LogP contribution in [0.3, 0.4) is 0 Å². The van der Waals surface area contributed by atoms with E-state index in [9.17, 15) is 0 Å². The first-order chi connectivity index (χ1) is 4.42. The van der Waals surface area contributed by atoms with Crippen LogP contribution in [0.5, 0.6) is 0 Å². The van der Waals surface area contributed by atoms with Gasteiger partial charge in [-0.2, -0.15) is 0 Å². The number of ether oxygens (including phenoxy) is 1. The second kappa shape index (κ2) is 1.96. The molecule has 1 N–H and O–H groups in total. The Bertz CT molecular complexity index is 101. The van der Waals surface area contributed by atoms with Crippen molar-refractivity contribution >= 4 is 0 Å². The van der Waals surface area contributed by atoms with Gasteiger partial charge in [0.1, 0.15) is 0 Å². The molecule has 3 aliphatic rings. The fourth-order valence-corrected chi connectivity index (χ4v) is 2.08. The summed E-state index contributed by atoms with van der Waals surface area (Å²) in [5, 5.41) is 3.37. The largest absolute Gasteiger partial charge is 0.381 e. The predicted octanol–water partition coefficient (Wildman–Crippen LogP) is 0.241. The van der Waals surface area contributed by atoms with Gasteiger partial charge in [-0.25, -0.2) is 0 Å². The van der Waals surface area contributed by atoms with Crippen molar-refractivity contribution in [3.63, 3.8) is 0 Å². The van der Waals surface area contributed by atoms with Crippen molar-refractivity contribution in [1.29, 1.82) is 0 Å². The minimum absolute atomic E-state index is 0.589. The molecule has 1 saturated carbocycles. The zero-order valence-corrected chi connectivity index (χ0v) is 5.76. The van der Waals surface area contributed by atoms with Crippen molar-refractivity contribution in [3.05, 3.63) is 0 Å². The Morgan fingerprint density at radius 2 is 2.00 bits per heavy atom. The number of hydrogen-bond donors (Lipinski definition) is 1. The van der Waals surface area contributed by atoms with E-state index in [4.69, 9.17) is 4.74 Å². The molecule has 0 aromatic carbocycles. The van der Waals surface area contributed by atoms with Crippen molar-refractivity contribution in [2.45, 2.75) is 12.5 Å². The van der Waals surface area contributed by atoms with Crippen LogP contribution in [0.1, 0.15) is 6.42 Å². The normalized spacial score (nSPS) is 48.3. The van der Waals surface area contributed by atoms with Crippen LogP contribution in [0.25, 0.3) is 0 Å². The predicted molar refractivity (Wildman–Crippen MR) is 35.3 cm³/mol. The highest BCUT2D eigenvalue weighted by atomic mass is 16.5. The molecule has 0 radical (unpaired) electrons. The average molecular weight is 127 g/mol. The fraction of sp³-hybridized carbons (Fsp3) is 1.00. The van der Waals surface area contributed by atoms with Crippen molar-refractivity contribution < 1.29 is 4.74 Å². The number of rotatable bonds is 1. The molecule has 0 aromatic heterocycles. The summed E-state index contributed by atoms with van der Waals surface area (Å²) < 4.78 is 5.31. The zero-order valence-electron chi connectivity index (χ0n) is 5.76. The molecule has 2 aliphatic heterocycles. The number of fused-ring (bicyclic) bond motifs is 2. The summed E-state index contributed by atoms with van der Waals surface area (Å²) in [6.45, 7) is 2.35. The first-order valence-corrected chi connectivity index (χ1v) is 3.65. The van der Waals surface area contributed by atoms with Crippen LogP contribution in [-0.2, 0) is 4.74 Å². The summed E-state index contributed by atoms with van der Waals surface area (Å²) in [7, 11) is 1.83. The van der Waals surface area contributed by atoms with Gasteiger partial charge in [0.25, 0.3) is 0 Å². The maximum absolute atomic E-state index is 5.31. The molecule has 2 nitrogen and oxygen atoms in total. The molecule has 2 bridgehead atoms. The fourth-order valence-electron chi connectivity index (χ4n) is 2.08. The van der Waals surface area contributed by atoms with E-state index in [0.717, 1.165) is 11.8 Å². The van der Waals surface area contributed by atoms with Crippen LogP contribution < -0.4 is 5.32 Å². The van der Waals surface area contributed by atoms with E-state index < -0.39 is 0 Å². The second-order valence-corrected chi connectivity index (χ2v) is 3.11. The first kappa shape index (κ1) is 5.69. The zero-order chi connectivity index (χ0) is 6.27. The summed E-state index contributed by atoms with van der Waals surface area (Å²) in [4.78, 5) is 0. The van der Waals surface area contributed by atoms with Gasteiger partial charge in [-0.3, -0.25) is 0 Å². The topological polar surface area (TPSA) is 21.3 Å². The number of methoxy groups -OCH3 is 1. The van der Waals surface area contributed by atoms with Crippen molar-refractivity contribution in [3.8, 4) is 0 Å². The minimum atomic E-state index is 0.589. The molecule has 3 fully saturated rings.